The first kappa shape index (κ1) is 26.3. The Morgan fingerprint density at radius 1 is 1.24 bits per heavy atom. The van der Waals surface area contributed by atoms with Crippen molar-refractivity contribution in [2.24, 2.45) is 0 Å². The average Bonchev–Trinajstić information content (AvgIpc) is 3.27. The number of nitrogens with zero attached hydrogens (tertiary/aromatic N) is 3. The summed E-state index contributed by atoms with van der Waals surface area (Å²) in [6.07, 6.45) is 5.22. The third-order valence-electron chi connectivity index (χ3n) is 7.63. The second-order valence-corrected chi connectivity index (χ2v) is 11.3. The highest BCUT2D eigenvalue weighted by molar-refractivity contribution is 5.91. The molecule has 9 heteroatoms. The van der Waals surface area contributed by atoms with Crippen LogP contribution in [0.5, 0.6) is 11.5 Å². The Kier molecular flexibility index (Phi) is 6.98. The maximum Gasteiger partial charge on any atom is 0.407 e. The second-order valence-electron chi connectivity index (χ2n) is 11.3. The van der Waals surface area contributed by atoms with Gasteiger partial charge >= 0.3 is 6.09 Å². The zero-order valence-electron chi connectivity index (χ0n) is 22.4. The fourth-order valence-corrected chi connectivity index (χ4v) is 5.69. The monoisotopic (exact) mass is 525 g/mol. The molecule has 2 aromatic carbocycles. The van der Waals surface area contributed by atoms with Gasteiger partial charge in [0.2, 0.25) is 0 Å². The Bertz CT molecular complexity index is 1340. The van der Waals surface area contributed by atoms with Gasteiger partial charge in [-0.25, -0.2) is 13.9 Å². The lowest BCUT2D eigenvalue weighted by molar-refractivity contribution is -0.0366. The van der Waals surface area contributed by atoms with E-state index in [1.54, 1.807) is 6.20 Å². The number of hydrogen-bond donors (Lipinski definition) is 2. The van der Waals surface area contributed by atoms with E-state index in [0.29, 0.717) is 37.2 Å². The first-order valence-electron chi connectivity index (χ1n) is 13.4. The normalized spacial score (nSPS) is 21.8. The third kappa shape index (κ3) is 4.91. The van der Waals surface area contributed by atoms with Crippen LogP contribution in [0.2, 0.25) is 0 Å². The summed E-state index contributed by atoms with van der Waals surface area (Å²) in [5.74, 6) is -0.427. The highest BCUT2D eigenvalue weighted by atomic mass is 19.1. The number of benzene rings is 2. The predicted octanol–water partition coefficient (Wildman–Crippen LogP) is 6.50. The van der Waals surface area contributed by atoms with Crippen LogP contribution in [0.25, 0.3) is 22.0 Å². The molecule has 2 N–H and O–H groups in total. The highest BCUT2D eigenvalue weighted by Crippen LogP contribution is 2.41. The molecule has 0 bridgehead atoms. The van der Waals surface area contributed by atoms with Crippen LogP contribution in [0.4, 0.5) is 9.18 Å². The molecule has 1 aliphatic carbocycles. The van der Waals surface area contributed by atoms with E-state index in [1.165, 1.54) is 17.0 Å². The summed E-state index contributed by atoms with van der Waals surface area (Å²) in [5, 5.41) is 25.2. The number of ether oxygens (including phenoxy) is 2. The Balaban J connectivity index is 1.52. The number of fused-ring (bicyclic) bond motifs is 1. The van der Waals surface area contributed by atoms with Gasteiger partial charge in [-0.3, -0.25) is 0 Å². The van der Waals surface area contributed by atoms with E-state index in [9.17, 15) is 19.4 Å². The van der Waals surface area contributed by atoms with Crippen molar-refractivity contribution in [1.29, 1.82) is 0 Å². The zero-order chi connectivity index (χ0) is 27.2. The van der Waals surface area contributed by atoms with E-state index < -0.39 is 17.4 Å². The Morgan fingerprint density at radius 3 is 2.63 bits per heavy atom. The number of aryl methyl sites for hydroxylation is 1. The number of rotatable bonds is 6. The Morgan fingerprint density at radius 2 is 2.00 bits per heavy atom. The van der Waals surface area contributed by atoms with Crippen LogP contribution in [-0.4, -0.2) is 55.3 Å². The number of amides is 1. The number of hydrogen-bond acceptors (Lipinski definition) is 5. The third-order valence-corrected chi connectivity index (χ3v) is 7.63. The summed E-state index contributed by atoms with van der Waals surface area (Å²) in [4.78, 5) is 13.4. The number of aromatic hydroxyl groups is 1. The van der Waals surface area contributed by atoms with Gasteiger partial charge in [-0.15, -0.1) is 0 Å². The van der Waals surface area contributed by atoms with Crippen LogP contribution in [0.15, 0.2) is 30.5 Å². The minimum absolute atomic E-state index is 0.118. The molecular formula is C29H36FN3O5. The van der Waals surface area contributed by atoms with Crippen LogP contribution >= 0.6 is 0 Å². The molecule has 0 radical (unpaired) electrons. The quantitative estimate of drug-likeness (QED) is 0.381. The summed E-state index contributed by atoms with van der Waals surface area (Å²) >= 11 is 0. The molecule has 1 aliphatic heterocycles. The van der Waals surface area contributed by atoms with Gasteiger partial charge in [0.05, 0.1) is 17.1 Å². The lowest BCUT2D eigenvalue weighted by Crippen LogP contribution is -2.58. The standard InChI is InChI=1S/C29H36FN3O5/c1-5-17-11-25(34)23(30)15-21(17)18-10-24-22(16-31-33(24)27-8-6-7-9-37-27)26(12-18)38-20-13-19(14-20)32(28(35)36)29(2,3)4/h10-12,15-16,19-20,27,34H,5-9,13-14H2,1-4H3,(H,35,36). The van der Waals surface area contributed by atoms with Crippen molar-refractivity contribution in [3.8, 4) is 22.6 Å². The molecule has 38 heavy (non-hydrogen) atoms. The molecule has 1 atom stereocenters. The molecule has 1 saturated carbocycles. The molecule has 1 aromatic heterocycles. The van der Waals surface area contributed by atoms with Gasteiger partial charge in [0, 0.05) is 31.0 Å². The Labute approximate surface area is 222 Å². The maximum atomic E-state index is 14.5. The van der Waals surface area contributed by atoms with E-state index >= 15 is 0 Å². The number of carbonyl (C=O) groups is 1. The van der Waals surface area contributed by atoms with Gasteiger partial charge in [0.1, 0.15) is 11.9 Å². The smallest absolute Gasteiger partial charge is 0.407 e. The largest absolute Gasteiger partial charge is 0.505 e. The number of phenols is 1. The summed E-state index contributed by atoms with van der Waals surface area (Å²) < 4.78 is 28.8. The van der Waals surface area contributed by atoms with E-state index in [-0.39, 0.29) is 24.1 Å². The minimum atomic E-state index is -0.930. The first-order chi connectivity index (χ1) is 18.1. The van der Waals surface area contributed by atoms with Crippen molar-refractivity contribution in [3.63, 3.8) is 0 Å². The van der Waals surface area contributed by atoms with E-state index in [0.717, 1.165) is 41.3 Å². The van der Waals surface area contributed by atoms with E-state index in [2.05, 4.69) is 5.10 Å². The Hall–Kier alpha value is -3.33. The van der Waals surface area contributed by atoms with Crippen molar-refractivity contribution >= 4 is 17.0 Å². The molecule has 1 unspecified atom stereocenters. The summed E-state index contributed by atoms with van der Waals surface area (Å²) in [7, 11) is 0. The van der Waals surface area contributed by atoms with Crippen LogP contribution in [-0.2, 0) is 11.2 Å². The summed E-state index contributed by atoms with van der Waals surface area (Å²) in [5.41, 5.74) is 2.59. The topological polar surface area (TPSA) is 97.0 Å². The number of carboxylic acid groups (broad SMARTS) is 1. The number of phenolic OH excluding ortho intramolecular Hbond substituents is 1. The average molecular weight is 526 g/mol. The van der Waals surface area contributed by atoms with Crippen molar-refractivity contribution in [3.05, 3.63) is 41.8 Å². The van der Waals surface area contributed by atoms with Crippen LogP contribution in [0, 0.1) is 5.82 Å². The van der Waals surface area contributed by atoms with Gasteiger partial charge in [-0.1, -0.05) is 6.92 Å². The van der Waals surface area contributed by atoms with Gasteiger partial charge in [-0.2, -0.15) is 5.10 Å². The van der Waals surface area contributed by atoms with Crippen molar-refractivity contribution in [1.82, 2.24) is 14.7 Å². The first-order valence-corrected chi connectivity index (χ1v) is 13.4. The second kappa shape index (κ2) is 10.1. The zero-order valence-corrected chi connectivity index (χ0v) is 22.4. The molecule has 2 aliphatic rings. The highest BCUT2D eigenvalue weighted by Gasteiger charge is 2.42. The number of halogens is 1. The van der Waals surface area contributed by atoms with Crippen LogP contribution in [0.1, 0.15) is 71.6 Å². The van der Waals surface area contributed by atoms with Gasteiger partial charge in [0.15, 0.2) is 17.8 Å². The van der Waals surface area contributed by atoms with Gasteiger partial charge < -0.3 is 24.6 Å². The molecule has 0 spiro atoms. The molecule has 3 aromatic rings. The molecular weight excluding hydrogens is 489 g/mol. The SMILES string of the molecule is CCc1cc(O)c(F)cc1-c1cc(OC2CC(N(C(=O)O)C(C)(C)C)C2)c2cnn(C3CCCCO3)c2c1. The number of aromatic nitrogens is 2. The molecule has 8 nitrogen and oxygen atoms in total. The summed E-state index contributed by atoms with van der Waals surface area (Å²) in [6, 6.07) is 6.60. The summed E-state index contributed by atoms with van der Waals surface area (Å²) in [6.45, 7) is 8.32. The molecule has 1 amide bonds. The fraction of sp³-hybridized carbons (Fsp3) is 0.517. The van der Waals surface area contributed by atoms with Gasteiger partial charge in [-0.05, 0) is 87.4 Å². The molecule has 2 fully saturated rings. The van der Waals surface area contributed by atoms with Crippen LogP contribution in [0.3, 0.4) is 0 Å². The van der Waals surface area contributed by atoms with Crippen molar-refractivity contribution in [2.45, 2.75) is 90.1 Å². The van der Waals surface area contributed by atoms with E-state index in [4.69, 9.17) is 9.47 Å². The minimum Gasteiger partial charge on any atom is -0.505 e. The maximum absolute atomic E-state index is 14.5. The fourth-order valence-electron chi connectivity index (χ4n) is 5.69. The van der Waals surface area contributed by atoms with Gasteiger partial charge in [0.25, 0.3) is 0 Å². The predicted molar refractivity (Wildman–Crippen MR) is 142 cm³/mol. The molecule has 1 saturated heterocycles. The van der Waals surface area contributed by atoms with Crippen LogP contribution < -0.4 is 4.74 Å². The molecule has 2 heterocycles. The molecule has 204 valence electrons. The van der Waals surface area contributed by atoms with E-state index in [1.807, 2.05) is 44.5 Å². The lowest BCUT2D eigenvalue weighted by Gasteiger charge is -2.47. The lowest BCUT2D eigenvalue weighted by atomic mass is 9.85. The van der Waals surface area contributed by atoms with Crippen molar-refractivity contribution < 1.29 is 28.9 Å². The molecule has 5 rings (SSSR count). The van der Waals surface area contributed by atoms with Crippen molar-refractivity contribution in [2.75, 3.05) is 6.61 Å².